The number of rotatable bonds is 1. The smallest absolute Gasteiger partial charge is 0.258 e. The van der Waals surface area contributed by atoms with Crippen molar-refractivity contribution in [1.82, 2.24) is 4.37 Å². The van der Waals surface area contributed by atoms with Crippen LogP contribution in [0.25, 0.3) is 10.9 Å². The van der Waals surface area contributed by atoms with Crippen LogP contribution in [0, 0.1) is 10.1 Å². The lowest BCUT2D eigenvalue weighted by Crippen LogP contribution is -1.86. The van der Waals surface area contributed by atoms with Crippen molar-refractivity contribution in [3.63, 3.8) is 0 Å². The Morgan fingerprint density at radius 1 is 1.54 bits per heavy atom. The Morgan fingerprint density at radius 3 is 3.00 bits per heavy atom. The van der Waals surface area contributed by atoms with Gasteiger partial charge < -0.3 is 0 Å². The molecule has 0 unspecified atom stereocenters. The van der Waals surface area contributed by atoms with E-state index in [-0.39, 0.29) is 5.69 Å². The van der Waals surface area contributed by atoms with E-state index in [9.17, 15) is 10.1 Å². The highest BCUT2D eigenvalue weighted by Gasteiger charge is 2.10. The van der Waals surface area contributed by atoms with E-state index in [1.54, 1.807) is 6.07 Å². The van der Waals surface area contributed by atoms with Crippen LogP contribution in [0.1, 0.15) is 0 Å². The molecule has 0 amide bonds. The summed E-state index contributed by atoms with van der Waals surface area (Å²) in [5, 5.41) is 11.1. The van der Waals surface area contributed by atoms with Gasteiger partial charge in [0.25, 0.3) is 5.69 Å². The van der Waals surface area contributed by atoms with E-state index in [1.165, 1.54) is 12.1 Å². The predicted octanol–water partition coefficient (Wildman–Crippen LogP) is 2.86. The van der Waals surface area contributed by atoms with Gasteiger partial charge in [-0.05, 0) is 17.6 Å². The molecule has 0 aliphatic rings. The predicted molar refractivity (Wildman–Crippen MR) is 51.3 cm³/mol. The molecule has 0 bridgehead atoms. The molecule has 6 heteroatoms. The molecule has 2 rings (SSSR count). The molecular formula is C7H3ClN2O2S. The summed E-state index contributed by atoms with van der Waals surface area (Å²) in [5.74, 6) is 0. The van der Waals surface area contributed by atoms with Crippen molar-refractivity contribution in [2.75, 3.05) is 0 Å². The first-order valence-electron chi connectivity index (χ1n) is 3.38. The van der Waals surface area contributed by atoms with E-state index < -0.39 is 4.92 Å². The van der Waals surface area contributed by atoms with E-state index in [0.717, 1.165) is 11.5 Å². The lowest BCUT2D eigenvalue weighted by Gasteiger charge is -1.90. The third-order valence-electron chi connectivity index (χ3n) is 1.63. The van der Waals surface area contributed by atoms with Gasteiger partial charge in [0.15, 0.2) is 0 Å². The number of hydrogen-bond donors (Lipinski definition) is 0. The van der Waals surface area contributed by atoms with E-state index in [1.807, 2.05) is 0 Å². The molecule has 0 N–H and O–H groups in total. The van der Waals surface area contributed by atoms with Gasteiger partial charge in [0.1, 0.15) is 4.34 Å². The first-order valence-corrected chi connectivity index (χ1v) is 4.53. The molecule has 0 atom stereocenters. The second kappa shape index (κ2) is 2.93. The third kappa shape index (κ3) is 1.36. The van der Waals surface area contributed by atoms with Gasteiger partial charge >= 0.3 is 0 Å². The standard InChI is InChI=1S/C7H3ClN2O2S/c8-7-5-3-4(10(11)12)1-2-6(5)9-13-7/h1-3H. The average molecular weight is 215 g/mol. The molecule has 1 heterocycles. The number of nitrogens with zero attached hydrogens (tertiary/aromatic N) is 2. The highest BCUT2D eigenvalue weighted by atomic mass is 35.5. The van der Waals surface area contributed by atoms with Gasteiger partial charge in [0.05, 0.1) is 10.4 Å². The van der Waals surface area contributed by atoms with Gasteiger partial charge in [0.2, 0.25) is 0 Å². The van der Waals surface area contributed by atoms with Crippen LogP contribution in [-0.2, 0) is 0 Å². The van der Waals surface area contributed by atoms with Crippen molar-refractivity contribution in [1.29, 1.82) is 0 Å². The van der Waals surface area contributed by atoms with Gasteiger partial charge in [-0.3, -0.25) is 10.1 Å². The molecule has 0 fully saturated rings. The van der Waals surface area contributed by atoms with Crippen molar-refractivity contribution >= 4 is 39.7 Å². The number of fused-ring (bicyclic) bond motifs is 1. The zero-order chi connectivity index (χ0) is 9.42. The van der Waals surface area contributed by atoms with Gasteiger partial charge in [-0.15, -0.1) is 0 Å². The number of halogens is 1. The van der Waals surface area contributed by atoms with Crippen molar-refractivity contribution in [2.24, 2.45) is 0 Å². The van der Waals surface area contributed by atoms with Gasteiger partial charge in [-0.25, -0.2) is 0 Å². The molecule has 0 aliphatic carbocycles. The fourth-order valence-electron chi connectivity index (χ4n) is 1.01. The monoisotopic (exact) mass is 214 g/mol. The molecule has 13 heavy (non-hydrogen) atoms. The maximum absolute atomic E-state index is 10.4. The number of benzene rings is 1. The summed E-state index contributed by atoms with van der Waals surface area (Å²) >= 11 is 6.91. The summed E-state index contributed by atoms with van der Waals surface area (Å²) < 4.78 is 4.49. The minimum Gasteiger partial charge on any atom is -0.258 e. The maximum atomic E-state index is 10.4. The summed E-state index contributed by atoms with van der Waals surface area (Å²) in [7, 11) is 0. The number of hydrogen-bond acceptors (Lipinski definition) is 4. The Labute approximate surface area is 82.1 Å². The SMILES string of the molecule is O=[N+]([O-])c1ccc2nsc(Cl)c2c1. The van der Waals surface area contributed by atoms with Gasteiger partial charge in [0, 0.05) is 17.5 Å². The topological polar surface area (TPSA) is 56.0 Å². The number of nitro benzene ring substituents is 1. The van der Waals surface area contributed by atoms with Crippen LogP contribution < -0.4 is 0 Å². The van der Waals surface area contributed by atoms with Gasteiger partial charge in [-0.1, -0.05) is 11.6 Å². The highest BCUT2D eigenvalue weighted by Crippen LogP contribution is 2.29. The largest absolute Gasteiger partial charge is 0.270 e. The molecule has 66 valence electrons. The maximum Gasteiger partial charge on any atom is 0.270 e. The Balaban J connectivity index is 2.72. The molecule has 1 aromatic carbocycles. The second-order valence-electron chi connectivity index (χ2n) is 2.41. The zero-order valence-electron chi connectivity index (χ0n) is 6.23. The summed E-state index contributed by atoms with van der Waals surface area (Å²) in [6.07, 6.45) is 0. The fourth-order valence-corrected chi connectivity index (χ4v) is 1.87. The summed E-state index contributed by atoms with van der Waals surface area (Å²) in [5.41, 5.74) is 0.732. The van der Waals surface area contributed by atoms with E-state index >= 15 is 0 Å². The van der Waals surface area contributed by atoms with Crippen LogP contribution in [-0.4, -0.2) is 9.30 Å². The van der Waals surface area contributed by atoms with Crippen LogP contribution in [0.2, 0.25) is 4.34 Å². The first kappa shape index (κ1) is 8.40. The molecule has 0 spiro atoms. The molecule has 0 aliphatic heterocycles. The lowest BCUT2D eigenvalue weighted by atomic mass is 10.2. The number of aromatic nitrogens is 1. The molecule has 1 aromatic heterocycles. The summed E-state index contributed by atoms with van der Waals surface area (Å²) in [6.45, 7) is 0. The number of non-ortho nitro benzene ring substituents is 1. The Hall–Kier alpha value is -1.20. The quantitative estimate of drug-likeness (QED) is 0.542. The first-order chi connectivity index (χ1) is 6.18. The molecular weight excluding hydrogens is 212 g/mol. The Morgan fingerprint density at radius 2 is 2.31 bits per heavy atom. The molecule has 2 aromatic rings. The lowest BCUT2D eigenvalue weighted by molar-refractivity contribution is -0.384. The van der Waals surface area contributed by atoms with E-state index in [0.29, 0.717) is 15.2 Å². The summed E-state index contributed by atoms with van der Waals surface area (Å²) in [4.78, 5) is 9.97. The average Bonchev–Trinajstić information content (AvgIpc) is 2.47. The van der Waals surface area contributed by atoms with Gasteiger partial charge in [-0.2, -0.15) is 4.37 Å². The van der Waals surface area contributed by atoms with Crippen LogP contribution in [0.4, 0.5) is 5.69 Å². The van der Waals surface area contributed by atoms with E-state index in [4.69, 9.17) is 11.6 Å². The number of nitro groups is 1. The Bertz CT molecular complexity index is 482. The minimum atomic E-state index is -0.451. The normalized spacial score (nSPS) is 10.5. The second-order valence-corrected chi connectivity index (χ2v) is 3.79. The minimum absolute atomic E-state index is 0.0367. The van der Waals surface area contributed by atoms with Crippen molar-refractivity contribution < 1.29 is 4.92 Å². The molecule has 0 saturated heterocycles. The zero-order valence-corrected chi connectivity index (χ0v) is 7.80. The molecule has 0 saturated carbocycles. The van der Waals surface area contributed by atoms with Crippen molar-refractivity contribution in [3.8, 4) is 0 Å². The summed E-state index contributed by atoms with van der Waals surface area (Å²) in [6, 6.07) is 4.44. The Kier molecular flexibility index (Phi) is 1.90. The third-order valence-corrected chi connectivity index (χ3v) is 2.71. The van der Waals surface area contributed by atoms with Crippen LogP contribution in [0.3, 0.4) is 0 Å². The highest BCUT2D eigenvalue weighted by molar-refractivity contribution is 7.12. The van der Waals surface area contributed by atoms with Crippen LogP contribution in [0.15, 0.2) is 18.2 Å². The fraction of sp³-hybridized carbons (Fsp3) is 0. The molecule has 0 radical (unpaired) electrons. The molecule has 4 nitrogen and oxygen atoms in total. The van der Waals surface area contributed by atoms with Crippen molar-refractivity contribution in [2.45, 2.75) is 0 Å². The van der Waals surface area contributed by atoms with Crippen molar-refractivity contribution in [3.05, 3.63) is 32.6 Å². The van der Waals surface area contributed by atoms with E-state index in [2.05, 4.69) is 4.37 Å². The van der Waals surface area contributed by atoms with Crippen LogP contribution >= 0.6 is 23.1 Å². The van der Waals surface area contributed by atoms with Crippen LogP contribution in [0.5, 0.6) is 0 Å².